The van der Waals surface area contributed by atoms with Gasteiger partial charge in [-0.15, -0.1) is 0 Å². The number of benzene rings is 3. The van der Waals surface area contributed by atoms with Crippen LogP contribution in [0.1, 0.15) is 27.9 Å². The Hall–Kier alpha value is -3.61. The van der Waals surface area contributed by atoms with Crippen LogP contribution in [0.2, 0.25) is 0 Å². The Bertz CT molecular complexity index is 1130. The van der Waals surface area contributed by atoms with E-state index in [9.17, 15) is 18.0 Å². The first kappa shape index (κ1) is 20.7. The fraction of sp³-hybridized carbons (Fsp3) is 0.167. The molecular formula is C24H19F3N2O2. The van der Waals surface area contributed by atoms with Gasteiger partial charge in [-0.25, -0.2) is 13.2 Å². The largest absolute Gasteiger partial charge is 0.390 e. The first-order chi connectivity index (χ1) is 15.0. The summed E-state index contributed by atoms with van der Waals surface area (Å²) in [4.78, 5) is 19.9. The Morgan fingerprint density at radius 2 is 1.71 bits per heavy atom. The highest BCUT2D eigenvalue weighted by atomic mass is 19.1. The molecule has 0 N–H and O–H groups in total. The Kier molecular flexibility index (Phi) is 6.02. The molecule has 0 unspecified atom stereocenters. The first-order valence-corrected chi connectivity index (χ1v) is 9.77. The Balaban J connectivity index is 1.54. The van der Waals surface area contributed by atoms with Gasteiger partial charge in [0.25, 0.3) is 5.91 Å². The van der Waals surface area contributed by atoms with Crippen molar-refractivity contribution in [2.75, 3.05) is 6.54 Å². The third kappa shape index (κ3) is 4.77. The Morgan fingerprint density at radius 1 is 0.968 bits per heavy atom. The smallest absolute Gasteiger partial charge is 0.257 e. The van der Waals surface area contributed by atoms with Gasteiger partial charge < -0.3 is 9.74 Å². The summed E-state index contributed by atoms with van der Waals surface area (Å²) in [6.07, 6.45) is -0.192. The molecule has 4 nitrogen and oxygen atoms in total. The van der Waals surface area contributed by atoms with Gasteiger partial charge in [0.1, 0.15) is 17.5 Å². The number of amides is 1. The highest BCUT2D eigenvalue weighted by Crippen LogP contribution is 2.21. The maximum Gasteiger partial charge on any atom is 0.257 e. The third-order valence-electron chi connectivity index (χ3n) is 5.03. The lowest BCUT2D eigenvalue weighted by atomic mass is 10.0. The van der Waals surface area contributed by atoms with Crippen molar-refractivity contribution in [3.63, 3.8) is 0 Å². The average Bonchev–Trinajstić information content (AvgIpc) is 3.23. The van der Waals surface area contributed by atoms with Crippen molar-refractivity contribution in [1.29, 1.82) is 0 Å². The second-order valence-corrected chi connectivity index (χ2v) is 7.24. The molecule has 7 heteroatoms. The van der Waals surface area contributed by atoms with Crippen LogP contribution in [-0.4, -0.2) is 29.2 Å². The number of halogens is 3. The molecule has 158 valence electrons. The van der Waals surface area contributed by atoms with Gasteiger partial charge in [0.15, 0.2) is 6.10 Å². The zero-order valence-electron chi connectivity index (χ0n) is 16.5. The number of nitrogens with zero attached hydrogens (tertiary/aromatic N) is 2. The number of oxime groups is 1. The topological polar surface area (TPSA) is 41.9 Å². The molecule has 0 radical (unpaired) electrons. The third-order valence-corrected chi connectivity index (χ3v) is 5.03. The molecule has 0 aliphatic carbocycles. The van der Waals surface area contributed by atoms with Crippen LogP contribution in [0, 0.1) is 17.5 Å². The zero-order chi connectivity index (χ0) is 21.8. The summed E-state index contributed by atoms with van der Waals surface area (Å²) in [6, 6.07) is 17.7. The van der Waals surface area contributed by atoms with E-state index in [1.807, 2.05) is 0 Å². The van der Waals surface area contributed by atoms with Gasteiger partial charge in [-0.05, 0) is 30.3 Å². The molecule has 0 saturated heterocycles. The van der Waals surface area contributed by atoms with E-state index in [0.717, 1.165) is 0 Å². The second-order valence-electron chi connectivity index (χ2n) is 7.24. The van der Waals surface area contributed by atoms with Crippen molar-refractivity contribution in [2.45, 2.75) is 19.1 Å². The van der Waals surface area contributed by atoms with Gasteiger partial charge >= 0.3 is 0 Å². The van der Waals surface area contributed by atoms with Gasteiger partial charge in [-0.2, -0.15) is 0 Å². The monoisotopic (exact) mass is 424 g/mol. The van der Waals surface area contributed by atoms with E-state index in [0.29, 0.717) is 23.3 Å². The molecule has 0 bridgehead atoms. The highest BCUT2D eigenvalue weighted by Gasteiger charge is 2.29. The van der Waals surface area contributed by atoms with Crippen molar-refractivity contribution in [2.24, 2.45) is 5.16 Å². The number of rotatable bonds is 6. The molecule has 1 amide bonds. The molecule has 0 spiro atoms. The molecule has 1 atom stereocenters. The fourth-order valence-corrected chi connectivity index (χ4v) is 3.47. The van der Waals surface area contributed by atoms with Gasteiger partial charge in [0.2, 0.25) is 0 Å². The van der Waals surface area contributed by atoms with Crippen LogP contribution < -0.4 is 0 Å². The van der Waals surface area contributed by atoms with Crippen LogP contribution >= 0.6 is 0 Å². The quantitative estimate of drug-likeness (QED) is 0.563. The molecule has 1 heterocycles. The van der Waals surface area contributed by atoms with Gasteiger partial charge in [0, 0.05) is 24.1 Å². The van der Waals surface area contributed by atoms with Crippen LogP contribution in [0.25, 0.3) is 0 Å². The van der Waals surface area contributed by atoms with Crippen LogP contribution in [0.3, 0.4) is 0 Å². The van der Waals surface area contributed by atoms with Crippen molar-refractivity contribution in [3.8, 4) is 0 Å². The van der Waals surface area contributed by atoms with E-state index in [1.165, 1.54) is 41.3 Å². The summed E-state index contributed by atoms with van der Waals surface area (Å²) in [5, 5.41) is 4.02. The predicted molar refractivity (Wildman–Crippen MR) is 110 cm³/mol. The molecule has 3 aromatic rings. The molecule has 1 aliphatic rings. The lowest BCUT2D eigenvalue weighted by molar-refractivity contribution is 0.0400. The van der Waals surface area contributed by atoms with E-state index >= 15 is 0 Å². The standard InChI is InChI=1S/C24H19F3N2O2/c25-18-8-5-7-16(12-18)23-13-19(31-28-23)15-29(14-17-6-1-3-10-21(17)26)24(30)20-9-2-4-11-22(20)27/h1-12,19H,13-15H2/t19-/m0/s1. The van der Waals surface area contributed by atoms with Crippen molar-refractivity contribution >= 4 is 11.6 Å². The maximum atomic E-state index is 14.2. The SMILES string of the molecule is O=C(c1ccccc1F)N(Cc1ccccc1F)C[C@@H]1CC(c2cccc(F)c2)=NO1. The lowest BCUT2D eigenvalue weighted by Gasteiger charge is -2.25. The molecule has 0 aromatic heterocycles. The summed E-state index contributed by atoms with van der Waals surface area (Å²) >= 11 is 0. The van der Waals surface area contributed by atoms with E-state index in [4.69, 9.17) is 4.84 Å². The summed E-state index contributed by atoms with van der Waals surface area (Å²) in [6.45, 7) is -0.00117. The predicted octanol–water partition coefficient (Wildman–Crippen LogP) is 4.94. The van der Waals surface area contributed by atoms with Crippen LogP contribution in [0.5, 0.6) is 0 Å². The highest BCUT2D eigenvalue weighted by molar-refractivity contribution is 6.01. The van der Waals surface area contributed by atoms with Crippen LogP contribution in [-0.2, 0) is 11.4 Å². The minimum absolute atomic E-state index is 0.0593. The van der Waals surface area contributed by atoms with Crippen molar-refractivity contribution in [3.05, 3.63) is 107 Å². The Labute approximate surface area is 177 Å². The van der Waals surface area contributed by atoms with E-state index in [1.54, 1.807) is 36.4 Å². The van der Waals surface area contributed by atoms with E-state index < -0.39 is 23.6 Å². The molecule has 1 aliphatic heterocycles. The fourth-order valence-electron chi connectivity index (χ4n) is 3.47. The van der Waals surface area contributed by atoms with E-state index in [2.05, 4.69) is 5.16 Å². The van der Waals surface area contributed by atoms with Gasteiger partial charge in [-0.3, -0.25) is 4.79 Å². The summed E-state index contributed by atoms with van der Waals surface area (Å²) < 4.78 is 42.0. The molecular weight excluding hydrogens is 405 g/mol. The van der Waals surface area contributed by atoms with Crippen molar-refractivity contribution < 1.29 is 22.8 Å². The second kappa shape index (κ2) is 9.04. The van der Waals surface area contributed by atoms with Crippen LogP contribution in [0.15, 0.2) is 78.0 Å². The summed E-state index contributed by atoms with van der Waals surface area (Å²) in [7, 11) is 0. The molecule has 3 aromatic carbocycles. The minimum atomic E-state index is -0.657. The molecule has 31 heavy (non-hydrogen) atoms. The number of hydrogen-bond donors (Lipinski definition) is 0. The Morgan fingerprint density at radius 3 is 2.45 bits per heavy atom. The summed E-state index contributed by atoms with van der Waals surface area (Å²) in [5.41, 5.74) is 1.33. The minimum Gasteiger partial charge on any atom is -0.390 e. The van der Waals surface area contributed by atoms with Gasteiger partial charge in [0.05, 0.1) is 17.8 Å². The molecule has 0 saturated carbocycles. The van der Waals surface area contributed by atoms with Gasteiger partial charge in [-0.1, -0.05) is 47.6 Å². The average molecular weight is 424 g/mol. The number of carbonyl (C=O) groups excluding carboxylic acids is 1. The maximum absolute atomic E-state index is 14.2. The first-order valence-electron chi connectivity index (χ1n) is 9.77. The number of hydrogen-bond acceptors (Lipinski definition) is 3. The summed E-state index contributed by atoms with van der Waals surface area (Å²) in [5.74, 6) is -2.09. The molecule has 4 rings (SSSR count). The lowest BCUT2D eigenvalue weighted by Crippen LogP contribution is -2.38. The molecule has 0 fully saturated rings. The number of carbonyl (C=O) groups is 1. The van der Waals surface area contributed by atoms with Crippen molar-refractivity contribution in [1.82, 2.24) is 4.90 Å². The van der Waals surface area contributed by atoms with E-state index in [-0.39, 0.29) is 24.5 Å². The normalized spacial score (nSPS) is 15.3. The zero-order valence-corrected chi connectivity index (χ0v) is 16.5. The van der Waals surface area contributed by atoms with Crippen LogP contribution in [0.4, 0.5) is 13.2 Å².